The average Bonchev–Trinajstić information content (AvgIpc) is 3.05. The predicted molar refractivity (Wildman–Crippen MR) is 102 cm³/mol. The molecule has 3 heterocycles. The molecule has 1 aromatic carbocycles. The number of hydrogen-bond acceptors (Lipinski definition) is 5. The summed E-state index contributed by atoms with van der Waals surface area (Å²) in [5.74, 6) is 0.410. The van der Waals surface area contributed by atoms with Gasteiger partial charge in [-0.2, -0.15) is 0 Å². The Morgan fingerprint density at radius 1 is 1.14 bits per heavy atom. The molecule has 152 valence electrons. The number of nitrogens with zero attached hydrogens (tertiary/aromatic N) is 3. The van der Waals surface area contributed by atoms with E-state index in [9.17, 15) is 8.78 Å². The fourth-order valence-corrected chi connectivity index (χ4v) is 4.16. The highest BCUT2D eigenvalue weighted by atomic mass is 19.1. The maximum absolute atomic E-state index is 14.0. The van der Waals surface area contributed by atoms with Crippen LogP contribution in [0.2, 0.25) is 0 Å². The van der Waals surface area contributed by atoms with E-state index in [2.05, 4.69) is 14.8 Å². The molecule has 0 N–H and O–H groups in total. The van der Waals surface area contributed by atoms with Crippen molar-refractivity contribution in [2.24, 2.45) is 5.92 Å². The largest absolute Gasteiger partial charge is 0.441 e. The quantitative estimate of drug-likeness (QED) is 0.781. The van der Waals surface area contributed by atoms with E-state index in [1.807, 2.05) is 6.92 Å². The molecule has 2 fully saturated rings. The van der Waals surface area contributed by atoms with E-state index in [1.54, 1.807) is 0 Å². The number of aryl methyl sites for hydroxylation is 1. The van der Waals surface area contributed by atoms with Gasteiger partial charge in [-0.25, -0.2) is 13.8 Å². The molecule has 28 heavy (non-hydrogen) atoms. The standard InChI is InChI=1S/C21H27F2N3O2/c1-15-20(24-21(28-15)18-11-17(22)4-5-19(18)23)14-26-6-2-3-16(13-26)12-25-7-9-27-10-8-25/h4-5,11,16H,2-3,6-10,12-14H2,1H3. The third kappa shape index (κ3) is 4.59. The van der Waals surface area contributed by atoms with Crippen LogP contribution in [0.1, 0.15) is 24.3 Å². The highest BCUT2D eigenvalue weighted by Crippen LogP contribution is 2.27. The average molecular weight is 391 g/mol. The molecule has 0 saturated carbocycles. The van der Waals surface area contributed by atoms with Gasteiger partial charge < -0.3 is 9.15 Å². The summed E-state index contributed by atoms with van der Waals surface area (Å²) in [5.41, 5.74) is 0.865. The van der Waals surface area contributed by atoms with Crippen molar-refractivity contribution in [3.63, 3.8) is 0 Å². The minimum atomic E-state index is -0.530. The van der Waals surface area contributed by atoms with E-state index in [1.165, 1.54) is 6.42 Å². The Hall–Kier alpha value is -1.83. The van der Waals surface area contributed by atoms with Crippen LogP contribution in [-0.4, -0.2) is 60.7 Å². The van der Waals surface area contributed by atoms with Gasteiger partial charge in [0.15, 0.2) is 0 Å². The van der Waals surface area contributed by atoms with Gasteiger partial charge in [-0.3, -0.25) is 9.80 Å². The predicted octanol–water partition coefficient (Wildman–Crippen LogP) is 3.47. The molecule has 7 heteroatoms. The van der Waals surface area contributed by atoms with Gasteiger partial charge in [0.25, 0.3) is 0 Å². The van der Waals surface area contributed by atoms with E-state index in [4.69, 9.17) is 9.15 Å². The first-order valence-electron chi connectivity index (χ1n) is 10.0. The molecule has 2 aromatic rings. The summed E-state index contributed by atoms with van der Waals surface area (Å²) in [7, 11) is 0. The second-order valence-electron chi connectivity index (χ2n) is 7.80. The number of benzene rings is 1. The first kappa shape index (κ1) is 19.5. The number of oxazole rings is 1. The normalized spacial score (nSPS) is 21.9. The number of rotatable bonds is 5. The molecule has 5 nitrogen and oxygen atoms in total. The first-order chi connectivity index (χ1) is 13.6. The molecule has 0 bridgehead atoms. The lowest BCUT2D eigenvalue weighted by atomic mass is 9.97. The van der Waals surface area contributed by atoms with Crippen LogP contribution in [0.3, 0.4) is 0 Å². The maximum Gasteiger partial charge on any atom is 0.229 e. The van der Waals surface area contributed by atoms with Crippen LogP contribution in [-0.2, 0) is 11.3 Å². The van der Waals surface area contributed by atoms with Crippen LogP contribution < -0.4 is 0 Å². The molecule has 1 atom stereocenters. The molecule has 1 unspecified atom stereocenters. The summed E-state index contributed by atoms with van der Waals surface area (Å²) in [4.78, 5) is 9.36. The number of likely N-dealkylation sites (tertiary alicyclic amines) is 1. The summed E-state index contributed by atoms with van der Waals surface area (Å²) in [6.45, 7) is 9.34. The number of halogens is 2. The molecule has 0 radical (unpaired) electrons. The molecule has 0 amide bonds. The van der Waals surface area contributed by atoms with Crippen LogP contribution >= 0.6 is 0 Å². The van der Waals surface area contributed by atoms with Crippen molar-refractivity contribution in [2.45, 2.75) is 26.3 Å². The van der Waals surface area contributed by atoms with Gasteiger partial charge in [0.2, 0.25) is 5.89 Å². The SMILES string of the molecule is Cc1oc(-c2cc(F)ccc2F)nc1CN1CCCC(CN2CCOCC2)C1. The number of morpholine rings is 1. The summed E-state index contributed by atoms with van der Waals surface area (Å²) in [6.07, 6.45) is 2.41. The van der Waals surface area contributed by atoms with Crippen molar-refractivity contribution in [1.82, 2.24) is 14.8 Å². The van der Waals surface area contributed by atoms with Crippen molar-refractivity contribution in [2.75, 3.05) is 45.9 Å². The van der Waals surface area contributed by atoms with Crippen LogP contribution in [0.4, 0.5) is 8.78 Å². The van der Waals surface area contributed by atoms with Crippen LogP contribution in [0, 0.1) is 24.5 Å². The zero-order valence-corrected chi connectivity index (χ0v) is 16.3. The molecule has 4 rings (SSSR count). The topological polar surface area (TPSA) is 41.7 Å². The van der Waals surface area contributed by atoms with Crippen molar-refractivity contribution in [3.8, 4) is 11.5 Å². The van der Waals surface area contributed by atoms with E-state index >= 15 is 0 Å². The molecule has 2 aliphatic heterocycles. The summed E-state index contributed by atoms with van der Waals surface area (Å²) in [6, 6.07) is 3.33. The Balaban J connectivity index is 1.41. The smallest absolute Gasteiger partial charge is 0.229 e. The third-order valence-corrected chi connectivity index (χ3v) is 5.65. The number of hydrogen-bond donors (Lipinski definition) is 0. The van der Waals surface area contributed by atoms with Gasteiger partial charge in [0.1, 0.15) is 17.4 Å². The monoisotopic (exact) mass is 391 g/mol. The summed E-state index contributed by atoms with van der Waals surface area (Å²) < 4.78 is 38.6. The van der Waals surface area contributed by atoms with Crippen molar-refractivity contribution in [3.05, 3.63) is 41.3 Å². The molecular formula is C21H27F2N3O2. The van der Waals surface area contributed by atoms with Gasteiger partial charge in [-0.15, -0.1) is 0 Å². The van der Waals surface area contributed by atoms with Crippen molar-refractivity contribution in [1.29, 1.82) is 0 Å². The summed E-state index contributed by atoms with van der Waals surface area (Å²) >= 11 is 0. The molecule has 2 aliphatic rings. The second-order valence-corrected chi connectivity index (χ2v) is 7.80. The van der Waals surface area contributed by atoms with E-state index in [0.29, 0.717) is 18.2 Å². The highest BCUT2D eigenvalue weighted by molar-refractivity contribution is 5.54. The summed E-state index contributed by atoms with van der Waals surface area (Å²) in [5, 5.41) is 0. The molecular weight excluding hydrogens is 364 g/mol. The minimum Gasteiger partial charge on any atom is -0.441 e. The lowest BCUT2D eigenvalue weighted by Crippen LogP contribution is -2.44. The van der Waals surface area contributed by atoms with Gasteiger partial charge in [-0.05, 0) is 50.4 Å². The van der Waals surface area contributed by atoms with Crippen molar-refractivity contribution < 1.29 is 17.9 Å². The number of aromatic nitrogens is 1. The molecule has 0 aliphatic carbocycles. The van der Waals surface area contributed by atoms with Gasteiger partial charge >= 0.3 is 0 Å². The Morgan fingerprint density at radius 2 is 1.96 bits per heavy atom. The lowest BCUT2D eigenvalue weighted by molar-refractivity contribution is 0.0223. The maximum atomic E-state index is 14.0. The van der Waals surface area contributed by atoms with E-state index in [-0.39, 0.29) is 11.5 Å². The zero-order valence-electron chi connectivity index (χ0n) is 16.3. The van der Waals surface area contributed by atoms with Gasteiger partial charge in [-0.1, -0.05) is 0 Å². The fourth-order valence-electron chi connectivity index (χ4n) is 4.16. The fraction of sp³-hybridized carbons (Fsp3) is 0.571. The van der Waals surface area contributed by atoms with E-state index < -0.39 is 11.6 Å². The minimum absolute atomic E-state index is 0.0678. The Labute approximate surface area is 164 Å². The molecule has 0 spiro atoms. The Kier molecular flexibility index (Phi) is 6.04. The lowest BCUT2D eigenvalue weighted by Gasteiger charge is -2.36. The Bertz CT molecular complexity index is 805. The highest BCUT2D eigenvalue weighted by Gasteiger charge is 2.25. The van der Waals surface area contributed by atoms with E-state index in [0.717, 1.165) is 76.3 Å². The second kappa shape index (κ2) is 8.68. The number of ether oxygens (including phenoxy) is 1. The Morgan fingerprint density at radius 3 is 2.79 bits per heavy atom. The van der Waals surface area contributed by atoms with Crippen LogP contribution in [0.25, 0.3) is 11.5 Å². The zero-order chi connectivity index (χ0) is 19.5. The molecule has 1 aromatic heterocycles. The first-order valence-corrected chi connectivity index (χ1v) is 10.0. The van der Waals surface area contributed by atoms with Crippen LogP contribution in [0.15, 0.2) is 22.6 Å². The molecule has 2 saturated heterocycles. The van der Waals surface area contributed by atoms with Crippen LogP contribution in [0.5, 0.6) is 0 Å². The van der Waals surface area contributed by atoms with Gasteiger partial charge in [0.05, 0.1) is 24.5 Å². The van der Waals surface area contributed by atoms with Gasteiger partial charge in [0, 0.05) is 32.7 Å². The third-order valence-electron chi connectivity index (χ3n) is 5.65. The number of piperidine rings is 1. The van der Waals surface area contributed by atoms with Crippen molar-refractivity contribution >= 4 is 0 Å².